The zero-order chi connectivity index (χ0) is 21.0. The minimum Gasteiger partial charge on any atom is -0.330 e. The van der Waals surface area contributed by atoms with Crippen LogP contribution in [0.1, 0.15) is 44.2 Å². The van der Waals surface area contributed by atoms with Gasteiger partial charge < -0.3 is 5.73 Å². The van der Waals surface area contributed by atoms with Gasteiger partial charge in [0.05, 0.1) is 0 Å². The number of amides is 1. The first-order chi connectivity index (χ1) is 13.9. The number of hydrogen-bond acceptors (Lipinski definition) is 4. The number of hydrazone groups is 1. The van der Waals surface area contributed by atoms with Crippen LogP contribution in [0.5, 0.6) is 0 Å². The number of carbonyl (C=O) groups excluding carboxylic acids is 1. The number of nitrogens with two attached hydrogens (primary N) is 1. The number of hydrogen-bond donors (Lipinski definition) is 1. The van der Waals surface area contributed by atoms with Gasteiger partial charge in [0.15, 0.2) is 0 Å². The lowest BCUT2D eigenvalue weighted by atomic mass is 9.99. The molecule has 3 rings (SSSR count). The van der Waals surface area contributed by atoms with Crippen molar-refractivity contribution in [1.82, 2.24) is 5.01 Å². The van der Waals surface area contributed by atoms with Crippen molar-refractivity contribution >= 4 is 22.7 Å². The first kappa shape index (κ1) is 21.5. The van der Waals surface area contributed by atoms with E-state index >= 15 is 0 Å². The van der Waals surface area contributed by atoms with E-state index in [1.165, 1.54) is 16.8 Å². The van der Waals surface area contributed by atoms with Gasteiger partial charge in [0.2, 0.25) is 5.91 Å². The highest BCUT2D eigenvalue weighted by molar-refractivity contribution is 8.15. The molecule has 0 bridgehead atoms. The van der Waals surface area contributed by atoms with Crippen LogP contribution in [-0.4, -0.2) is 22.5 Å². The third-order valence-corrected chi connectivity index (χ3v) is 6.17. The molecule has 2 N–H and O–H groups in total. The maximum Gasteiger partial charge on any atom is 0.244 e. The van der Waals surface area contributed by atoms with Crippen molar-refractivity contribution in [3.05, 3.63) is 71.3 Å². The SMILES string of the molecule is CC(C)CC(=O)N1N=C(c2cc(F)ccc2F)SC1(CCCN)c1ccccc1. The summed E-state index contributed by atoms with van der Waals surface area (Å²) < 4.78 is 28.3. The Kier molecular flexibility index (Phi) is 6.70. The Bertz CT molecular complexity index is 904. The molecule has 0 spiro atoms. The summed E-state index contributed by atoms with van der Waals surface area (Å²) >= 11 is 1.28. The van der Waals surface area contributed by atoms with E-state index in [-0.39, 0.29) is 17.4 Å². The third kappa shape index (κ3) is 4.51. The summed E-state index contributed by atoms with van der Waals surface area (Å²) in [7, 11) is 0. The fourth-order valence-electron chi connectivity index (χ4n) is 3.38. The average Bonchev–Trinajstić information content (AvgIpc) is 3.09. The van der Waals surface area contributed by atoms with Gasteiger partial charge in [-0.15, -0.1) is 0 Å². The van der Waals surface area contributed by atoms with Crippen molar-refractivity contribution in [3.8, 4) is 0 Å². The largest absolute Gasteiger partial charge is 0.330 e. The number of halogens is 2. The maximum absolute atomic E-state index is 14.5. The second-order valence-corrected chi connectivity index (χ2v) is 8.74. The second-order valence-electron chi connectivity index (χ2n) is 7.48. The maximum atomic E-state index is 14.5. The highest BCUT2D eigenvalue weighted by Crippen LogP contribution is 2.50. The molecule has 154 valence electrons. The molecule has 1 aliphatic heterocycles. The quantitative estimate of drug-likeness (QED) is 0.701. The van der Waals surface area contributed by atoms with Crippen LogP contribution < -0.4 is 5.73 Å². The van der Waals surface area contributed by atoms with Crippen molar-refractivity contribution in [2.75, 3.05) is 6.54 Å². The van der Waals surface area contributed by atoms with E-state index in [0.717, 1.165) is 23.8 Å². The first-order valence-electron chi connectivity index (χ1n) is 9.69. The van der Waals surface area contributed by atoms with Crippen LogP contribution in [0.15, 0.2) is 53.6 Å². The van der Waals surface area contributed by atoms with Crippen LogP contribution in [0.4, 0.5) is 8.78 Å². The second kappa shape index (κ2) is 9.05. The van der Waals surface area contributed by atoms with E-state index in [1.54, 1.807) is 0 Å². The Morgan fingerprint density at radius 2 is 1.93 bits per heavy atom. The molecule has 2 aromatic carbocycles. The topological polar surface area (TPSA) is 58.7 Å². The minimum absolute atomic E-state index is 0.0582. The molecule has 1 heterocycles. The van der Waals surface area contributed by atoms with E-state index < -0.39 is 16.5 Å². The molecule has 0 aromatic heterocycles. The number of carbonyl (C=O) groups is 1. The molecular weight excluding hydrogens is 392 g/mol. The zero-order valence-corrected chi connectivity index (χ0v) is 17.4. The Hall–Kier alpha value is -2.25. The summed E-state index contributed by atoms with van der Waals surface area (Å²) in [4.78, 5) is 12.3. The number of rotatable bonds is 7. The van der Waals surface area contributed by atoms with E-state index in [9.17, 15) is 13.6 Å². The average molecular weight is 418 g/mol. The van der Waals surface area contributed by atoms with Gasteiger partial charge in [0.1, 0.15) is 21.5 Å². The monoisotopic (exact) mass is 417 g/mol. The molecule has 1 aliphatic rings. The molecular formula is C22H25F2N3OS. The predicted molar refractivity (Wildman–Crippen MR) is 113 cm³/mol. The Labute approximate surface area is 174 Å². The van der Waals surface area contributed by atoms with E-state index in [0.29, 0.717) is 30.9 Å². The van der Waals surface area contributed by atoms with Gasteiger partial charge in [-0.05, 0) is 49.1 Å². The first-order valence-corrected chi connectivity index (χ1v) is 10.5. The Balaban J connectivity index is 2.12. The lowest BCUT2D eigenvalue weighted by Gasteiger charge is -2.36. The number of thioether (sulfide) groups is 1. The van der Waals surface area contributed by atoms with E-state index in [1.807, 2.05) is 44.2 Å². The molecule has 1 unspecified atom stereocenters. The van der Waals surface area contributed by atoms with Crippen molar-refractivity contribution in [1.29, 1.82) is 0 Å². The molecule has 1 amide bonds. The van der Waals surface area contributed by atoms with Gasteiger partial charge in [0, 0.05) is 12.0 Å². The molecule has 7 heteroatoms. The van der Waals surface area contributed by atoms with Crippen molar-refractivity contribution in [2.45, 2.75) is 38.0 Å². The predicted octanol–water partition coefficient (Wildman–Crippen LogP) is 4.84. The molecule has 29 heavy (non-hydrogen) atoms. The van der Waals surface area contributed by atoms with E-state index in [2.05, 4.69) is 5.10 Å². The smallest absolute Gasteiger partial charge is 0.244 e. The van der Waals surface area contributed by atoms with Crippen molar-refractivity contribution < 1.29 is 13.6 Å². The number of benzene rings is 2. The highest BCUT2D eigenvalue weighted by atomic mass is 32.2. The summed E-state index contributed by atoms with van der Waals surface area (Å²) in [5.41, 5.74) is 6.71. The molecule has 2 aromatic rings. The van der Waals surface area contributed by atoms with E-state index in [4.69, 9.17) is 5.73 Å². The Morgan fingerprint density at radius 1 is 1.21 bits per heavy atom. The summed E-state index contributed by atoms with van der Waals surface area (Å²) in [6.07, 6.45) is 1.51. The van der Waals surface area contributed by atoms with Gasteiger partial charge in [0.25, 0.3) is 0 Å². The molecule has 0 saturated heterocycles. The van der Waals surface area contributed by atoms with Crippen LogP contribution in [0.2, 0.25) is 0 Å². The van der Waals surface area contributed by atoms with Gasteiger partial charge in [-0.3, -0.25) is 4.79 Å². The summed E-state index contributed by atoms with van der Waals surface area (Å²) in [5.74, 6) is -1.14. The van der Waals surface area contributed by atoms with Crippen LogP contribution in [0.3, 0.4) is 0 Å². The molecule has 4 nitrogen and oxygen atoms in total. The van der Waals surface area contributed by atoms with Gasteiger partial charge >= 0.3 is 0 Å². The standard InChI is InChI=1S/C22H25F2N3OS/c1-15(2)13-20(28)27-22(11-6-12-25,16-7-4-3-5-8-16)29-21(26-27)18-14-17(23)9-10-19(18)24/h3-5,7-10,14-15H,6,11-13,25H2,1-2H3. The van der Waals surface area contributed by atoms with Crippen molar-refractivity contribution in [2.24, 2.45) is 16.8 Å². The van der Waals surface area contributed by atoms with Gasteiger partial charge in [-0.1, -0.05) is 55.9 Å². The van der Waals surface area contributed by atoms with Gasteiger partial charge in [-0.25, -0.2) is 13.8 Å². The molecule has 0 aliphatic carbocycles. The molecule has 0 fully saturated rings. The normalized spacial score (nSPS) is 19.0. The fourth-order valence-corrected chi connectivity index (χ4v) is 4.82. The van der Waals surface area contributed by atoms with Crippen LogP contribution in [-0.2, 0) is 9.67 Å². The third-order valence-electron chi connectivity index (χ3n) is 4.72. The fraction of sp³-hybridized carbons (Fsp3) is 0.364. The van der Waals surface area contributed by atoms with Crippen molar-refractivity contribution in [3.63, 3.8) is 0 Å². The van der Waals surface area contributed by atoms with Crippen LogP contribution in [0, 0.1) is 17.6 Å². The lowest BCUT2D eigenvalue weighted by molar-refractivity contribution is -0.135. The van der Waals surface area contributed by atoms with Crippen LogP contribution >= 0.6 is 11.8 Å². The highest BCUT2D eigenvalue weighted by Gasteiger charge is 2.48. The minimum atomic E-state index is -0.847. The summed E-state index contributed by atoms with van der Waals surface area (Å²) in [6, 6.07) is 12.8. The molecule has 0 radical (unpaired) electrons. The molecule has 1 atom stereocenters. The summed E-state index contributed by atoms with van der Waals surface area (Å²) in [6.45, 7) is 4.37. The Morgan fingerprint density at radius 3 is 2.59 bits per heavy atom. The summed E-state index contributed by atoms with van der Waals surface area (Å²) in [5, 5.41) is 6.26. The number of nitrogens with zero attached hydrogens (tertiary/aromatic N) is 2. The van der Waals surface area contributed by atoms with Gasteiger partial charge in [-0.2, -0.15) is 5.10 Å². The zero-order valence-electron chi connectivity index (χ0n) is 16.6. The van der Waals surface area contributed by atoms with Crippen LogP contribution in [0.25, 0.3) is 0 Å². The molecule has 0 saturated carbocycles. The lowest BCUT2D eigenvalue weighted by Crippen LogP contribution is -2.42.